The molecular weight excluding hydrogens is 186 g/mol. The summed E-state index contributed by atoms with van der Waals surface area (Å²) in [5, 5.41) is 0. The maximum atomic E-state index is 6.05. The zero-order valence-corrected chi connectivity index (χ0v) is 9.01. The average molecular weight is 201 g/mol. The topological polar surface area (TPSA) is 43.3 Å². The lowest BCUT2D eigenvalue weighted by Gasteiger charge is -1.96. The molecule has 2 aromatic heterocycles. The number of aromatic nitrogens is 2. The van der Waals surface area contributed by atoms with Crippen LogP contribution in [0.25, 0.3) is 5.65 Å². The molecular formula is C12H15N3. The van der Waals surface area contributed by atoms with E-state index in [4.69, 9.17) is 5.73 Å². The van der Waals surface area contributed by atoms with Crippen molar-refractivity contribution in [3.63, 3.8) is 0 Å². The molecule has 15 heavy (non-hydrogen) atoms. The zero-order chi connectivity index (χ0) is 10.6. The summed E-state index contributed by atoms with van der Waals surface area (Å²) >= 11 is 0. The molecule has 0 amide bonds. The molecule has 2 aromatic rings. The molecule has 2 N–H and O–H groups in total. The molecule has 3 nitrogen and oxygen atoms in total. The minimum absolute atomic E-state index is 0.206. The normalized spacial score (nSPS) is 28.2. The van der Waals surface area contributed by atoms with Gasteiger partial charge in [0.15, 0.2) is 0 Å². The van der Waals surface area contributed by atoms with Gasteiger partial charge in [0.1, 0.15) is 5.65 Å². The quantitative estimate of drug-likeness (QED) is 0.764. The van der Waals surface area contributed by atoms with Gasteiger partial charge in [-0.25, -0.2) is 4.98 Å². The third-order valence-corrected chi connectivity index (χ3v) is 3.61. The van der Waals surface area contributed by atoms with Crippen LogP contribution >= 0.6 is 0 Å². The Labute approximate surface area is 88.9 Å². The summed E-state index contributed by atoms with van der Waals surface area (Å²) in [5.74, 6) is 0.414. The van der Waals surface area contributed by atoms with Crippen LogP contribution in [0.4, 0.5) is 0 Å². The van der Waals surface area contributed by atoms with Crippen molar-refractivity contribution in [2.24, 2.45) is 11.1 Å². The lowest BCUT2D eigenvalue weighted by atomic mass is 10.1. The van der Waals surface area contributed by atoms with Crippen molar-refractivity contribution in [1.29, 1.82) is 0 Å². The Morgan fingerprint density at radius 2 is 2.13 bits per heavy atom. The summed E-state index contributed by atoms with van der Waals surface area (Å²) in [6.07, 6.45) is 4.11. The van der Waals surface area contributed by atoms with E-state index in [2.05, 4.69) is 29.4 Å². The molecule has 2 atom stereocenters. The van der Waals surface area contributed by atoms with E-state index in [1.807, 2.05) is 24.4 Å². The smallest absolute Gasteiger partial charge is 0.136 e. The van der Waals surface area contributed by atoms with Crippen LogP contribution in [0.1, 0.15) is 25.5 Å². The van der Waals surface area contributed by atoms with E-state index in [1.165, 1.54) is 0 Å². The highest BCUT2D eigenvalue weighted by Crippen LogP contribution is 2.56. The summed E-state index contributed by atoms with van der Waals surface area (Å²) in [7, 11) is 0. The standard InChI is InChI=1S/C12H15N3/c1-12(2)10(11(12)13)8-7-15-6-4-3-5-9(15)14-8/h3-7,10-11H,13H2,1-2H3/t10-,11-/m1/s1. The van der Waals surface area contributed by atoms with Crippen LogP contribution in [0.2, 0.25) is 0 Å². The van der Waals surface area contributed by atoms with Crippen molar-refractivity contribution >= 4 is 5.65 Å². The van der Waals surface area contributed by atoms with Crippen molar-refractivity contribution in [3.05, 3.63) is 36.3 Å². The predicted molar refractivity (Wildman–Crippen MR) is 59.7 cm³/mol. The van der Waals surface area contributed by atoms with Crippen LogP contribution in [-0.4, -0.2) is 15.4 Å². The highest BCUT2D eigenvalue weighted by Gasteiger charge is 2.57. The molecule has 1 saturated carbocycles. The highest BCUT2D eigenvalue weighted by molar-refractivity contribution is 5.42. The van der Waals surface area contributed by atoms with E-state index in [0.29, 0.717) is 5.92 Å². The molecule has 3 rings (SSSR count). The lowest BCUT2D eigenvalue weighted by molar-refractivity contribution is 0.596. The second-order valence-corrected chi connectivity index (χ2v) is 4.96. The van der Waals surface area contributed by atoms with E-state index < -0.39 is 0 Å². The van der Waals surface area contributed by atoms with Gasteiger partial charge in [-0.2, -0.15) is 0 Å². The van der Waals surface area contributed by atoms with Gasteiger partial charge in [0.25, 0.3) is 0 Å². The van der Waals surface area contributed by atoms with Crippen LogP contribution in [0.3, 0.4) is 0 Å². The number of imidazole rings is 1. The molecule has 0 aromatic carbocycles. The fraction of sp³-hybridized carbons (Fsp3) is 0.417. The maximum absolute atomic E-state index is 6.05. The second-order valence-electron chi connectivity index (χ2n) is 4.96. The third kappa shape index (κ3) is 1.13. The largest absolute Gasteiger partial charge is 0.327 e. The van der Waals surface area contributed by atoms with Crippen LogP contribution < -0.4 is 5.73 Å². The van der Waals surface area contributed by atoms with Crippen molar-refractivity contribution in [2.75, 3.05) is 0 Å². The lowest BCUT2D eigenvalue weighted by Crippen LogP contribution is -2.06. The van der Waals surface area contributed by atoms with Gasteiger partial charge in [0.05, 0.1) is 5.69 Å². The Balaban J connectivity index is 2.07. The molecule has 0 aliphatic heterocycles. The Kier molecular flexibility index (Phi) is 1.55. The van der Waals surface area contributed by atoms with E-state index in [1.54, 1.807) is 0 Å². The summed E-state index contributed by atoms with van der Waals surface area (Å²) in [4.78, 5) is 4.60. The Hall–Kier alpha value is -1.35. The van der Waals surface area contributed by atoms with Gasteiger partial charge < -0.3 is 10.1 Å². The van der Waals surface area contributed by atoms with Crippen LogP contribution in [0.5, 0.6) is 0 Å². The first-order chi connectivity index (χ1) is 7.10. The number of hydrogen-bond donors (Lipinski definition) is 1. The summed E-state index contributed by atoms with van der Waals surface area (Å²) in [6.45, 7) is 4.40. The number of pyridine rings is 1. The van der Waals surface area contributed by atoms with Crippen LogP contribution in [-0.2, 0) is 0 Å². The summed E-state index contributed by atoms with van der Waals surface area (Å²) in [5.41, 5.74) is 8.38. The number of nitrogens with two attached hydrogens (primary N) is 1. The number of hydrogen-bond acceptors (Lipinski definition) is 2. The highest BCUT2D eigenvalue weighted by atomic mass is 15.0. The van der Waals surface area contributed by atoms with Gasteiger partial charge in [0, 0.05) is 24.4 Å². The van der Waals surface area contributed by atoms with Crippen molar-refractivity contribution < 1.29 is 0 Å². The molecule has 1 fully saturated rings. The number of fused-ring (bicyclic) bond motifs is 1. The molecule has 0 unspecified atom stereocenters. The molecule has 0 bridgehead atoms. The van der Waals surface area contributed by atoms with Gasteiger partial charge in [0.2, 0.25) is 0 Å². The molecule has 78 valence electrons. The fourth-order valence-electron chi connectivity index (χ4n) is 2.35. The first kappa shape index (κ1) is 8.92. The SMILES string of the molecule is CC1(C)[C@H](N)[C@H]1c1cn2ccccc2n1. The van der Waals surface area contributed by atoms with Crippen LogP contribution in [0, 0.1) is 5.41 Å². The van der Waals surface area contributed by atoms with E-state index in [-0.39, 0.29) is 11.5 Å². The monoisotopic (exact) mass is 201 g/mol. The predicted octanol–water partition coefficient (Wildman–Crippen LogP) is 1.78. The first-order valence-electron chi connectivity index (χ1n) is 5.30. The molecule has 0 radical (unpaired) electrons. The Morgan fingerprint density at radius 1 is 1.40 bits per heavy atom. The molecule has 2 heterocycles. The van der Waals surface area contributed by atoms with Crippen molar-refractivity contribution in [1.82, 2.24) is 9.38 Å². The number of rotatable bonds is 1. The van der Waals surface area contributed by atoms with Crippen molar-refractivity contribution in [2.45, 2.75) is 25.8 Å². The third-order valence-electron chi connectivity index (χ3n) is 3.61. The van der Waals surface area contributed by atoms with Crippen molar-refractivity contribution in [3.8, 4) is 0 Å². The van der Waals surface area contributed by atoms with Crippen LogP contribution in [0.15, 0.2) is 30.6 Å². The number of nitrogens with zero attached hydrogens (tertiary/aromatic N) is 2. The van der Waals surface area contributed by atoms with Gasteiger partial charge in [-0.1, -0.05) is 19.9 Å². The average Bonchev–Trinajstić information content (AvgIpc) is 2.61. The first-order valence-corrected chi connectivity index (χ1v) is 5.30. The maximum Gasteiger partial charge on any atom is 0.136 e. The fourth-order valence-corrected chi connectivity index (χ4v) is 2.35. The zero-order valence-electron chi connectivity index (χ0n) is 9.01. The Morgan fingerprint density at radius 3 is 2.73 bits per heavy atom. The summed E-state index contributed by atoms with van der Waals surface area (Å²) < 4.78 is 2.05. The molecule has 0 saturated heterocycles. The van der Waals surface area contributed by atoms with Gasteiger partial charge in [-0.3, -0.25) is 0 Å². The molecule has 1 aliphatic rings. The summed E-state index contributed by atoms with van der Waals surface area (Å²) in [6, 6.07) is 6.28. The molecule has 1 aliphatic carbocycles. The second kappa shape index (κ2) is 2.61. The van der Waals surface area contributed by atoms with E-state index >= 15 is 0 Å². The molecule has 3 heteroatoms. The van der Waals surface area contributed by atoms with Gasteiger partial charge >= 0.3 is 0 Å². The molecule has 0 spiro atoms. The minimum Gasteiger partial charge on any atom is -0.327 e. The van der Waals surface area contributed by atoms with E-state index in [0.717, 1.165) is 11.3 Å². The van der Waals surface area contributed by atoms with Gasteiger partial charge in [-0.15, -0.1) is 0 Å². The minimum atomic E-state index is 0.206. The van der Waals surface area contributed by atoms with Gasteiger partial charge in [-0.05, 0) is 17.5 Å². The Bertz CT molecular complexity index is 479. The van der Waals surface area contributed by atoms with E-state index in [9.17, 15) is 0 Å².